The third kappa shape index (κ3) is 3.42. The average Bonchev–Trinajstić information content (AvgIpc) is 2.20. The first-order valence-electron chi connectivity index (χ1n) is 4.84. The third-order valence-electron chi connectivity index (χ3n) is 2.19. The van der Waals surface area contributed by atoms with E-state index in [1.165, 1.54) is 0 Å². The van der Waals surface area contributed by atoms with E-state index in [4.69, 9.17) is 11.6 Å². The van der Waals surface area contributed by atoms with Crippen molar-refractivity contribution >= 4 is 27.5 Å². The van der Waals surface area contributed by atoms with Gasteiger partial charge in [-0.05, 0) is 34.5 Å². The van der Waals surface area contributed by atoms with Crippen LogP contribution in [0.3, 0.4) is 0 Å². The van der Waals surface area contributed by atoms with Gasteiger partial charge in [0.1, 0.15) is 11.6 Å². The van der Waals surface area contributed by atoms with Crippen LogP contribution in [-0.2, 0) is 0 Å². The summed E-state index contributed by atoms with van der Waals surface area (Å²) in [4.78, 5) is 0. The molecule has 4 heteroatoms. The van der Waals surface area contributed by atoms with Crippen molar-refractivity contribution in [1.82, 2.24) is 0 Å². The smallest absolute Gasteiger partial charge is 0.137 e. The Hall–Kier alpha value is -0.150. The third-order valence-corrected chi connectivity index (χ3v) is 3.25. The Morgan fingerprint density at radius 3 is 2.60 bits per heavy atom. The molecule has 1 unspecified atom stereocenters. The number of rotatable bonds is 4. The molecule has 0 aliphatic carbocycles. The lowest BCUT2D eigenvalue weighted by Gasteiger charge is -2.10. The maximum Gasteiger partial charge on any atom is 0.137 e. The number of unbranched alkanes of at least 4 members (excludes halogenated alkanes) is 1. The van der Waals surface area contributed by atoms with Gasteiger partial charge in [0.2, 0.25) is 0 Å². The monoisotopic (exact) mass is 296 g/mol. The average molecular weight is 298 g/mol. The summed E-state index contributed by atoms with van der Waals surface area (Å²) in [7, 11) is 0. The van der Waals surface area contributed by atoms with Crippen molar-refractivity contribution in [2.24, 2.45) is 0 Å². The van der Waals surface area contributed by atoms with Crippen molar-refractivity contribution in [3.05, 3.63) is 33.8 Å². The van der Waals surface area contributed by atoms with E-state index in [1.54, 1.807) is 0 Å². The summed E-state index contributed by atoms with van der Waals surface area (Å²) in [6.45, 7) is 2.03. The van der Waals surface area contributed by atoms with Crippen LogP contribution in [-0.4, -0.2) is 0 Å². The minimum Gasteiger partial charge on any atom is -0.207 e. The first-order valence-corrected chi connectivity index (χ1v) is 6.07. The molecule has 0 saturated heterocycles. The molecule has 1 aromatic carbocycles. The summed E-state index contributed by atoms with van der Waals surface area (Å²) in [6.07, 6.45) is 2.56. The molecule has 0 aromatic heterocycles. The maximum absolute atomic E-state index is 13.4. The molecule has 0 radical (unpaired) electrons. The van der Waals surface area contributed by atoms with Gasteiger partial charge >= 0.3 is 0 Å². The Morgan fingerprint density at radius 1 is 1.33 bits per heavy atom. The van der Waals surface area contributed by atoms with E-state index in [9.17, 15) is 8.78 Å². The van der Waals surface area contributed by atoms with Crippen LogP contribution in [0.1, 0.15) is 37.1 Å². The Labute approximate surface area is 102 Å². The Balaban J connectivity index is 2.88. The molecule has 0 bridgehead atoms. The van der Waals surface area contributed by atoms with E-state index >= 15 is 0 Å². The van der Waals surface area contributed by atoms with Crippen molar-refractivity contribution in [3.63, 3.8) is 0 Å². The van der Waals surface area contributed by atoms with Gasteiger partial charge in [0, 0.05) is 5.56 Å². The van der Waals surface area contributed by atoms with Crippen molar-refractivity contribution in [1.29, 1.82) is 0 Å². The standard InChI is InChI=1S/C11H12BrClF2/c1-2-3-4-9(13)7-5-11(15)8(12)6-10(7)14/h5-6,9H,2-4H2,1H3. The number of hydrogen-bond acceptors (Lipinski definition) is 0. The van der Waals surface area contributed by atoms with Gasteiger partial charge < -0.3 is 0 Å². The predicted octanol–water partition coefficient (Wildman–Crippen LogP) is 5.20. The van der Waals surface area contributed by atoms with E-state index < -0.39 is 17.0 Å². The van der Waals surface area contributed by atoms with Crippen LogP contribution in [0.2, 0.25) is 0 Å². The molecule has 0 nitrogen and oxygen atoms in total. The predicted molar refractivity (Wildman–Crippen MR) is 62.2 cm³/mol. The highest BCUT2D eigenvalue weighted by molar-refractivity contribution is 9.10. The number of benzene rings is 1. The fourth-order valence-corrected chi connectivity index (χ4v) is 1.95. The molecule has 0 amide bonds. The summed E-state index contributed by atoms with van der Waals surface area (Å²) in [5.41, 5.74) is 0.241. The van der Waals surface area contributed by atoms with Crippen LogP contribution in [0, 0.1) is 11.6 Å². The van der Waals surface area contributed by atoms with Crippen molar-refractivity contribution in [2.45, 2.75) is 31.6 Å². The summed E-state index contributed by atoms with van der Waals surface area (Å²) in [5, 5.41) is -0.451. The van der Waals surface area contributed by atoms with E-state index in [1.807, 2.05) is 6.92 Å². The lowest BCUT2D eigenvalue weighted by atomic mass is 10.1. The van der Waals surface area contributed by atoms with Crippen molar-refractivity contribution in [2.75, 3.05) is 0 Å². The minimum atomic E-state index is -0.478. The van der Waals surface area contributed by atoms with Gasteiger partial charge in [-0.1, -0.05) is 19.8 Å². The van der Waals surface area contributed by atoms with Crippen molar-refractivity contribution < 1.29 is 8.78 Å². The van der Waals surface area contributed by atoms with Crippen LogP contribution in [0.5, 0.6) is 0 Å². The molecule has 0 spiro atoms. The van der Waals surface area contributed by atoms with Crippen LogP contribution < -0.4 is 0 Å². The normalized spacial score (nSPS) is 12.9. The molecule has 15 heavy (non-hydrogen) atoms. The lowest BCUT2D eigenvalue weighted by Crippen LogP contribution is -1.97. The number of halogens is 4. The first kappa shape index (κ1) is 12.9. The van der Waals surface area contributed by atoms with Crippen LogP contribution >= 0.6 is 27.5 Å². The zero-order chi connectivity index (χ0) is 11.4. The minimum absolute atomic E-state index is 0.128. The molecule has 1 rings (SSSR count). The molecule has 0 N–H and O–H groups in total. The molecule has 0 fully saturated rings. The topological polar surface area (TPSA) is 0 Å². The fraction of sp³-hybridized carbons (Fsp3) is 0.455. The molecule has 0 aliphatic heterocycles. The van der Waals surface area contributed by atoms with E-state index in [0.29, 0.717) is 6.42 Å². The highest BCUT2D eigenvalue weighted by atomic mass is 79.9. The quantitative estimate of drug-likeness (QED) is 0.529. The summed E-state index contributed by atoms with van der Waals surface area (Å²) < 4.78 is 26.7. The van der Waals surface area contributed by atoms with Gasteiger partial charge in [0.05, 0.1) is 9.85 Å². The zero-order valence-corrected chi connectivity index (χ0v) is 10.7. The van der Waals surface area contributed by atoms with Gasteiger partial charge in [0.15, 0.2) is 0 Å². The fourth-order valence-electron chi connectivity index (χ4n) is 1.32. The number of hydrogen-bond donors (Lipinski definition) is 0. The first-order chi connectivity index (χ1) is 7.06. The highest BCUT2D eigenvalue weighted by Gasteiger charge is 2.15. The molecule has 0 heterocycles. The molecule has 0 aliphatic rings. The van der Waals surface area contributed by atoms with Crippen LogP contribution in [0.4, 0.5) is 8.78 Å². The second-order valence-electron chi connectivity index (χ2n) is 3.40. The molecule has 0 saturated carbocycles. The summed E-state index contributed by atoms with van der Waals surface area (Å²) in [6, 6.07) is 2.28. The summed E-state index contributed by atoms with van der Waals surface area (Å²) >= 11 is 8.92. The maximum atomic E-state index is 13.4. The summed E-state index contributed by atoms with van der Waals surface area (Å²) in [5.74, 6) is -0.937. The van der Waals surface area contributed by atoms with E-state index in [0.717, 1.165) is 25.0 Å². The van der Waals surface area contributed by atoms with Gasteiger partial charge in [-0.25, -0.2) is 8.78 Å². The van der Waals surface area contributed by atoms with Crippen molar-refractivity contribution in [3.8, 4) is 0 Å². The second kappa shape index (κ2) is 5.80. The SMILES string of the molecule is CCCCC(Cl)c1cc(F)c(Br)cc1F. The molecule has 1 atom stereocenters. The molecule has 84 valence electrons. The Bertz CT molecular complexity index is 342. The van der Waals surface area contributed by atoms with Crippen LogP contribution in [0.15, 0.2) is 16.6 Å². The van der Waals surface area contributed by atoms with E-state index in [-0.39, 0.29) is 10.0 Å². The Morgan fingerprint density at radius 2 is 2.00 bits per heavy atom. The van der Waals surface area contributed by atoms with Gasteiger partial charge in [-0.2, -0.15) is 0 Å². The Kier molecular flexibility index (Phi) is 5.00. The molecular formula is C11H12BrClF2. The number of alkyl halides is 1. The van der Waals surface area contributed by atoms with Gasteiger partial charge in [0.25, 0.3) is 0 Å². The van der Waals surface area contributed by atoms with E-state index in [2.05, 4.69) is 15.9 Å². The molecule has 1 aromatic rings. The molecular weight excluding hydrogens is 285 g/mol. The zero-order valence-electron chi connectivity index (χ0n) is 8.37. The second-order valence-corrected chi connectivity index (χ2v) is 4.78. The van der Waals surface area contributed by atoms with Gasteiger partial charge in [-0.3, -0.25) is 0 Å². The van der Waals surface area contributed by atoms with Crippen LogP contribution in [0.25, 0.3) is 0 Å². The largest absolute Gasteiger partial charge is 0.207 e. The highest BCUT2D eigenvalue weighted by Crippen LogP contribution is 2.31. The van der Waals surface area contributed by atoms with Gasteiger partial charge in [-0.15, -0.1) is 11.6 Å². The lowest BCUT2D eigenvalue weighted by molar-refractivity contribution is 0.569.